The Morgan fingerprint density at radius 3 is 1.92 bits per heavy atom. The molecule has 6 heteroatoms. The summed E-state index contributed by atoms with van der Waals surface area (Å²) in [6.07, 6.45) is 1.29. The topological polar surface area (TPSA) is 33.5 Å². The number of fused-ring (bicyclic) bond motifs is 4. The number of hydrogen-bond acceptors (Lipinski definition) is 4. The van der Waals surface area contributed by atoms with Crippen molar-refractivity contribution in [2.45, 2.75) is 112 Å². The zero-order valence-electron chi connectivity index (χ0n) is 47.3. The summed E-state index contributed by atoms with van der Waals surface area (Å²) in [5.41, 5.74) is 9.13. The summed E-state index contributed by atoms with van der Waals surface area (Å²) in [6.45, 7) is 26.0. The molecular weight excluding hydrogens is 976 g/mol. The van der Waals surface area contributed by atoms with E-state index < -0.39 is 37.1 Å². The molecule has 3 heterocycles. The molecule has 2 aromatic heterocycles. The maximum Gasteiger partial charge on any atom is 0.135 e. The average molecular weight is 1050 g/mol. The third kappa shape index (κ3) is 8.89. The molecule has 0 amide bonds. The van der Waals surface area contributed by atoms with Crippen LogP contribution in [0, 0.1) is 25.7 Å². The normalized spacial score (nSPS) is 15.3. The van der Waals surface area contributed by atoms with Crippen LogP contribution in [0.1, 0.15) is 122 Å². The molecule has 65 heavy (non-hydrogen) atoms. The van der Waals surface area contributed by atoms with Crippen molar-refractivity contribution in [3.05, 3.63) is 174 Å². The van der Waals surface area contributed by atoms with Gasteiger partial charge in [-0.05, 0) is 104 Å². The Kier molecular flexibility index (Phi) is 9.37. The van der Waals surface area contributed by atoms with Crippen molar-refractivity contribution in [3.63, 3.8) is 0 Å². The number of nitrogens with zero attached hydrogens (tertiary/aromatic N) is 4. The molecular formula is C59H61N4OPt-3. The summed E-state index contributed by atoms with van der Waals surface area (Å²) in [7, 11) is 0. The molecule has 0 aliphatic carbocycles. The zero-order valence-corrected chi connectivity index (χ0v) is 41.6. The van der Waals surface area contributed by atoms with Crippen molar-refractivity contribution in [2.24, 2.45) is 0 Å². The predicted molar refractivity (Wildman–Crippen MR) is 269 cm³/mol. The van der Waals surface area contributed by atoms with Crippen LogP contribution in [0.25, 0.3) is 38.8 Å². The summed E-state index contributed by atoms with van der Waals surface area (Å²) in [5.74, 6) is 1.09. The number of pyridine rings is 1. The number of aromatic nitrogens is 2. The summed E-state index contributed by atoms with van der Waals surface area (Å²) < 4.78 is 76.5. The Morgan fingerprint density at radius 1 is 0.615 bits per heavy atom. The Balaban J connectivity index is 0.00000711. The smallest absolute Gasteiger partial charge is 0.135 e. The summed E-state index contributed by atoms with van der Waals surface area (Å²) in [4.78, 5) is 9.20. The zero-order chi connectivity index (χ0) is 52.4. The van der Waals surface area contributed by atoms with E-state index >= 15 is 0 Å². The molecule has 5 nitrogen and oxygen atoms in total. The van der Waals surface area contributed by atoms with E-state index in [1.165, 1.54) is 29.0 Å². The van der Waals surface area contributed by atoms with E-state index in [4.69, 9.17) is 20.7 Å². The molecule has 336 valence electrons. The van der Waals surface area contributed by atoms with Gasteiger partial charge in [-0.25, -0.2) is 4.98 Å². The molecule has 1 aliphatic rings. The van der Waals surface area contributed by atoms with Gasteiger partial charge in [0.05, 0.1) is 6.85 Å². The number of aryl methyl sites for hydroxylation is 1. The largest absolute Gasteiger partial charge is 0.509 e. The number of anilines is 4. The Labute approximate surface area is 413 Å². The maximum atomic E-state index is 8.67. The van der Waals surface area contributed by atoms with Crippen LogP contribution in [0.15, 0.2) is 127 Å². The molecule has 6 aromatic carbocycles. The molecule has 0 radical (unpaired) electrons. The van der Waals surface area contributed by atoms with Crippen LogP contribution < -0.4 is 14.5 Å². The van der Waals surface area contributed by atoms with Gasteiger partial charge in [0.2, 0.25) is 0 Å². The van der Waals surface area contributed by atoms with Gasteiger partial charge in [-0.1, -0.05) is 143 Å². The second-order valence-electron chi connectivity index (χ2n) is 21.1. The van der Waals surface area contributed by atoms with Crippen LogP contribution in [0.5, 0.6) is 11.5 Å². The summed E-state index contributed by atoms with van der Waals surface area (Å²) >= 11 is 0. The first kappa shape index (κ1) is 36.6. The minimum Gasteiger partial charge on any atom is -0.509 e. The predicted octanol–water partition coefficient (Wildman–Crippen LogP) is 16.1. The van der Waals surface area contributed by atoms with Crippen molar-refractivity contribution in [2.75, 3.05) is 9.80 Å². The third-order valence-corrected chi connectivity index (χ3v) is 12.2. The number of benzene rings is 6. The van der Waals surface area contributed by atoms with Crippen LogP contribution in [-0.4, -0.2) is 9.55 Å². The second kappa shape index (κ2) is 16.7. The van der Waals surface area contributed by atoms with Gasteiger partial charge in [-0.3, -0.25) is 0 Å². The van der Waals surface area contributed by atoms with Crippen molar-refractivity contribution in [3.8, 4) is 28.4 Å². The third-order valence-electron chi connectivity index (χ3n) is 12.2. The molecule has 9 rings (SSSR count). The molecule has 1 aliphatic heterocycles. The van der Waals surface area contributed by atoms with Crippen LogP contribution in [0.3, 0.4) is 0 Å². The van der Waals surface area contributed by atoms with Crippen LogP contribution in [-0.2, 0) is 42.7 Å². The quantitative estimate of drug-likeness (QED) is 0.155. The first-order valence-corrected chi connectivity index (χ1v) is 22.0. The van der Waals surface area contributed by atoms with E-state index in [0.717, 1.165) is 44.6 Å². The molecule has 0 fully saturated rings. The van der Waals surface area contributed by atoms with Crippen molar-refractivity contribution in [1.29, 1.82) is 0 Å². The van der Waals surface area contributed by atoms with E-state index in [9.17, 15) is 0 Å². The number of hydrogen-bond donors (Lipinski definition) is 0. The van der Waals surface area contributed by atoms with Gasteiger partial charge in [0.15, 0.2) is 0 Å². The van der Waals surface area contributed by atoms with Gasteiger partial charge < -0.3 is 19.1 Å². The summed E-state index contributed by atoms with van der Waals surface area (Å²) in [6, 6.07) is 35.2. The molecule has 0 saturated carbocycles. The molecule has 0 saturated heterocycles. The first-order valence-electron chi connectivity index (χ1n) is 26.0. The van der Waals surface area contributed by atoms with E-state index in [0.29, 0.717) is 17.0 Å². The molecule has 0 atom stereocenters. The standard InChI is InChI=1S/C59H61N4O.Pt/c1-38-28-55(60-36-50(38)39-18-15-14-16-19-39)63-51-26-22-40(56(2,3)4)32-49(51)48-25-24-47(35-53(48)63)64-46-21-17-20-44(34-46)61-37-62(54-33-41(57(5,6)7)23-27-52(54)61)45-30-42(58(8,9)10)29-43(31-45)59(11,12)13;/h14-33,36-37H,1-13H3;/q-3;/i1D3,14D,15D,16D,18D,19D;. The molecule has 0 bridgehead atoms. The van der Waals surface area contributed by atoms with Gasteiger partial charge in [0, 0.05) is 71.0 Å². The van der Waals surface area contributed by atoms with Crippen molar-refractivity contribution < 1.29 is 36.8 Å². The minimum atomic E-state index is -2.75. The van der Waals surface area contributed by atoms with Crippen LogP contribution in [0.2, 0.25) is 0 Å². The van der Waals surface area contributed by atoms with Crippen molar-refractivity contribution in [1.82, 2.24) is 9.55 Å². The maximum absolute atomic E-state index is 8.67. The Hall–Kier alpha value is -5.64. The number of ether oxygens (including phenoxy) is 1. The van der Waals surface area contributed by atoms with E-state index in [2.05, 4.69) is 154 Å². The SMILES string of the molecule is [2H]c1c([2H])c([2H])c(-c2cnc(-n3c4[c-]c(Oc5[c-]c(N6[CH-]N(c7cc(C(C)(C)C)cc(C(C)(C)C)c7)c7cc(C(C)(C)C)ccc76)ccc5)ccc4c4cc(C(C)(C)C)ccc43)cc2C([2H])([2H])[2H])c([2H])c1[2H].[Pt]. The Bertz CT molecular complexity index is 3420. The van der Waals surface area contributed by atoms with Crippen LogP contribution in [0.4, 0.5) is 22.7 Å². The van der Waals surface area contributed by atoms with E-state index in [1.54, 1.807) is 0 Å². The fraction of sp³-hybridized carbons (Fsp3) is 0.288. The minimum absolute atomic E-state index is 0. The fourth-order valence-corrected chi connectivity index (χ4v) is 8.23. The molecule has 8 aromatic rings. The molecule has 0 N–H and O–H groups in total. The van der Waals surface area contributed by atoms with Crippen molar-refractivity contribution >= 4 is 44.6 Å². The summed E-state index contributed by atoms with van der Waals surface area (Å²) in [5, 5.41) is 1.72. The average Bonchev–Trinajstić information content (AvgIpc) is 3.84. The monoisotopic (exact) mass is 1040 g/mol. The molecule has 0 unspecified atom stereocenters. The fourth-order valence-electron chi connectivity index (χ4n) is 8.23. The van der Waals surface area contributed by atoms with Gasteiger partial charge in [0.1, 0.15) is 5.82 Å². The van der Waals surface area contributed by atoms with Gasteiger partial charge in [0.25, 0.3) is 0 Å². The van der Waals surface area contributed by atoms with Gasteiger partial charge >= 0.3 is 0 Å². The first-order chi connectivity index (χ1) is 33.4. The van der Waals surface area contributed by atoms with Gasteiger partial charge in [-0.2, -0.15) is 12.1 Å². The van der Waals surface area contributed by atoms with E-state index in [-0.39, 0.29) is 65.2 Å². The Morgan fingerprint density at radius 2 is 1.26 bits per heavy atom. The number of rotatable bonds is 6. The van der Waals surface area contributed by atoms with Crippen LogP contribution >= 0.6 is 0 Å². The van der Waals surface area contributed by atoms with E-state index in [1.807, 2.05) is 47.0 Å². The second-order valence-corrected chi connectivity index (χ2v) is 21.1. The van der Waals surface area contributed by atoms with Gasteiger partial charge in [-0.15, -0.1) is 48.1 Å². The molecule has 0 spiro atoms.